The van der Waals surface area contributed by atoms with Gasteiger partial charge in [-0.25, -0.2) is 0 Å². The van der Waals surface area contributed by atoms with Crippen LogP contribution in [0.5, 0.6) is 5.75 Å². The molecule has 0 unspecified atom stereocenters. The fourth-order valence-corrected chi connectivity index (χ4v) is 4.90. The number of benzene rings is 3. The Morgan fingerprint density at radius 2 is 1.86 bits per heavy atom. The van der Waals surface area contributed by atoms with Gasteiger partial charge in [0.25, 0.3) is 0 Å². The molecule has 0 radical (unpaired) electrons. The average molecular weight is 470 g/mol. The highest BCUT2D eigenvalue weighted by Crippen LogP contribution is 2.31. The number of likely N-dealkylation sites (tertiary alicyclic amines) is 1. The predicted molar refractivity (Wildman–Crippen MR) is 140 cm³/mol. The number of nitrogens with two attached hydrogens (primary N) is 1. The first-order chi connectivity index (χ1) is 17.1. The molecule has 1 aliphatic heterocycles. The van der Waals surface area contributed by atoms with Crippen molar-refractivity contribution in [1.82, 2.24) is 4.90 Å². The van der Waals surface area contributed by atoms with E-state index in [1.54, 1.807) is 13.0 Å². The molecule has 0 saturated carbocycles. The molecule has 0 bridgehead atoms. The van der Waals surface area contributed by atoms with Gasteiger partial charge in [-0.3, -0.25) is 4.79 Å². The summed E-state index contributed by atoms with van der Waals surface area (Å²) in [7, 11) is 0. The number of piperidine rings is 1. The van der Waals surface area contributed by atoms with E-state index in [2.05, 4.69) is 52.4 Å². The third kappa shape index (κ3) is 5.38. The smallest absolute Gasteiger partial charge is 0.314 e. The summed E-state index contributed by atoms with van der Waals surface area (Å²) in [4.78, 5) is 18.4. The van der Waals surface area contributed by atoms with Gasteiger partial charge in [-0.05, 0) is 73.7 Å². The number of amides is 1. The highest BCUT2D eigenvalue weighted by Gasteiger charge is 2.20. The summed E-state index contributed by atoms with van der Waals surface area (Å²) in [5.41, 5.74) is 7.58. The van der Waals surface area contributed by atoms with Crippen LogP contribution in [0.3, 0.4) is 0 Å². The lowest BCUT2D eigenvalue weighted by atomic mass is 9.88. The van der Waals surface area contributed by atoms with E-state index in [1.165, 1.54) is 29.2 Å². The summed E-state index contributed by atoms with van der Waals surface area (Å²) in [6, 6.07) is 22.8. The first-order valence-corrected chi connectivity index (χ1v) is 12.3. The molecule has 6 nitrogen and oxygen atoms in total. The molecule has 35 heavy (non-hydrogen) atoms. The molecule has 3 aromatic carbocycles. The van der Waals surface area contributed by atoms with Crippen LogP contribution in [0.2, 0.25) is 0 Å². The first kappa shape index (κ1) is 23.1. The van der Waals surface area contributed by atoms with E-state index in [-0.39, 0.29) is 11.6 Å². The SMILES string of the molecule is CC(N)=NC(=O)c1cc2c(OCCCN3CCC(c4ccc5ccccc5c4)CC3)cccc2o1. The second-order valence-corrected chi connectivity index (χ2v) is 9.26. The number of fused-ring (bicyclic) bond motifs is 2. The number of furan rings is 1. The number of amidine groups is 1. The van der Waals surface area contributed by atoms with E-state index >= 15 is 0 Å². The van der Waals surface area contributed by atoms with E-state index in [0.717, 1.165) is 31.4 Å². The van der Waals surface area contributed by atoms with E-state index in [0.29, 0.717) is 23.9 Å². The molecule has 1 amide bonds. The number of carbonyl (C=O) groups excluding carboxylic acids is 1. The molecule has 0 aliphatic carbocycles. The molecule has 2 heterocycles. The van der Waals surface area contributed by atoms with E-state index in [4.69, 9.17) is 14.9 Å². The number of ether oxygens (including phenoxy) is 1. The van der Waals surface area contributed by atoms with Crippen LogP contribution in [-0.2, 0) is 0 Å². The zero-order valence-electron chi connectivity index (χ0n) is 20.1. The Morgan fingerprint density at radius 3 is 2.66 bits per heavy atom. The Balaban J connectivity index is 1.11. The van der Waals surface area contributed by atoms with Crippen molar-refractivity contribution in [3.05, 3.63) is 78.1 Å². The molecule has 1 fully saturated rings. The molecular weight excluding hydrogens is 438 g/mol. The summed E-state index contributed by atoms with van der Waals surface area (Å²) in [5.74, 6) is 1.23. The molecule has 4 aromatic rings. The van der Waals surface area contributed by atoms with Gasteiger partial charge < -0.3 is 19.8 Å². The minimum absolute atomic E-state index is 0.162. The number of aliphatic imine (C=N–C) groups is 1. The number of carbonyl (C=O) groups is 1. The first-order valence-electron chi connectivity index (χ1n) is 12.3. The second kappa shape index (κ2) is 10.3. The van der Waals surface area contributed by atoms with Crippen molar-refractivity contribution in [1.29, 1.82) is 0 Å². The Kier molecular flexibility index (Phi) is 6.82. The fourth-order valence-electron chi connectivity index (χ4n) is 4.90. The summed E-state index contributed by atoms with van der Waals surface area (Å²) in [6.45, 7) is 5.42. The van der Waals surface area contributed by atoms with Crippen molar-refractivity contribution in [2.75, 3.05) is 26.2 Å². The van der Waals surface area contributed by atoms with Crippen LogP contribution in [0.4, 0.5) is 0 Å². The van der Waals surface area contributed by atoms with Crippen LogP contribution in [0.1, 0.15) is 48.2 Å². The van der Waals surface area contributed by atoms with Crippen LogP contribution >= 0.6 is 0 Å². The maximum atomic E-state index is 12.1. The Bertz CT molecular complexity index is 1360. The van der Waals surface area contributed by atoms with Gasteiger partial charge in [0.15, 0.2) is 5.76 Å². The largest absolute Gasteiger partial charge is 0.493 e. The number of hydrogen-bond donors (Lipinski definition) is 1. The highest BCUT2D eigenvalue weighted by atomic mass is 16.5. The zero-order valence-corrected chi connectivity index (χ0v) is 20.1. The lowest BCUT2D eigenvalue weighted by Gasteiger charge is -2.32. The third-order valence-electron chi connectivity index (χ3n) is 6.72. The predicted octanol–water partition coefficient (Wildman–Crippen LogP) is 5.75. The second-order valence-electron chi connectivity index (χ2n) is 9.26. The molecule has 1 aliphatic rings. The van der Waals surface area contributed by atoms with Gasteiger partial charge in [0, 0.05) is 12.6 Å². The quantitative estimate of drug-likeness (QED) is 0.212. The highest BCUT2D eigenvalue weighted by molar-refractivity contribution is 6.03. The Labute approximate surface area is 205 Å². The summed E-state index contributed by atoms with van der Waals surface area (Å²) in [6.07, 6.45) is 3.32. The maximum Gasteiger partial charge on any atom is 0.314 e. The van der Waals surface area contributed by atoms with Crippen LogP contribution in [0, 0.1) is 0 Å². The van der Waals surface area contributed by atoms with Gasteiger partial charge in [-0.15, -0.1) is 0 Å². The third-order valence-corrected chi connectivity index (χ3v) is 6.72. The van der Waals surface area contributed by atoms with Gasteiger partial charge in [0.2, 0.25) is 0 Å². The van der Waals surface area contributed by atoms with Crippen molar-refractivity contribution in [3.63, 3.8) is 0 Å². The van der Waals surface area contributed by atoms with E-state index in [9.17, 15) is 4.79 Å². The van der Waals surface area contributed by atoms with Crippen LogP contribution in [-0.4, -0.2) is 42.9 Å². The minimum atomic E-state index is -0.487. The van der Waals surface area contributed by atoms with Crippen LogP contribution in [0.25, 0.3) is 21.7 Å². The van der Waals surface area contributed by atoms with Crippen LogP contribution in [0.15, 0.2) is 76.1 Å². The molecular formula is C29H31N3O3. The molecule has 0 atom stereocenters. The molecule has 1 aromatic heterocycles. The van der Waals surface area contributed by atoms with Crippen molar-refractivity contribution in [2.24, 2.45) is 10.7 Å². The van der Waals surface area contributed by atoms with Crippen molar-refractivity contribution in [3.8, 4) is 5.75 Å². The number of rotatable bonds is 7. The monoisotopic (exact) mass is 469 g/mol. The van der Waals surface area contributed by atoms with Crippen LogP contribution < -0.4 is 10.5 Å². The fraction of sp³-hybridized carbons (Fsp3) is 0.310. The molecule has 180 valence electrons. The molecule has 5 rings (SSSR count). The normalized spacial score (nSPS) is 15.6. The van der Waals surface area contributed by atoms with Gasteiger partial charge in [-0.1, -0.05) is 48.5 Å². The Morgan fingerprint density at radius 1 is 1.06 bits per heavy atom. The lowest BCUT2D eigenvalue weighted by molar-refractivity contribution is 0.0978. The van der Waals surface area contributed by atoms with Gasteiger partial charge in [0.05, 0.1) is 12.0 Å². The van der Waals surface area contributed by atoms with E-state index in [1.807, 2.05) is 18.2 Å². The Hall–Kier alpha value is -3.64. The van der Waals surface area contributed by atoms with E-state index < -0.39 is 5.91 Å². The molecule has 1 saturated heterocycles. The van der Waals surface area contributed by atoms with Crippen molar-refractivity contribution >= 4 is 33.5 Å². The standard InChI is InChI=1S/C29H31N3O3/c1-20(30)31-29(33)28-19-25-26(8-4-9-27(25)35-28)34-17-5-14-32-15-12-22(13-16-32)24-11-10-21-6-2-3-7-23(21)18-24/h2-4,6-11,18-19,22H,5,12-17H2,1H3,(H2,30,31,33). The van der Waals surface area contributed by atoms with Gasteiger partial charge in [0.1, 0.15) is 17.2 Å². The van der Waals surface area contributed by atoms with Crippen molar-refractivity contribution in [2.45, 2.75) is 32.1 Å². The number of hydrogen-bond acceptors (Lipinski definition) is 4. The lowest BCUT2D eigenvalue weighted by Crippen LogP contribution is -2.34. The van der Waals surface area contributed by atoms with Gasteiger partial charge in [-0.2, -0.15) is 4.99 Å². The average Bonchev–Trinajstić information content (AvgIpc) is 3.32. The minimum Gasteiger partial charge on any atom is -0.493 e. The summed E-state index contributed by atoms with van der Waals surface area (Å²) in [5, 5.41) is 3.41. The summed E-state index contributed by atoms with van der Waals surface area (Å²) < 4.78 is 11.7. The van der Waals surface area contributed by atoms with Crippen molar-refractivity contribution < 1.29 is 13.9 Å². The molecule has 0 spiro atoms. The topological polar surface area (TPSA) is 81.1 Å². The maximum absolute atomic E-state index is 12.1. The van der Waals surface area contributed by atoms with Gasteiger partial charge >= 0.3 is 5.91 Å². The summed E-state index contributed by atoms with van der Waals surface area (Å²) >= 11 is 0. The number of nitrogens with zero attached hydrogens (tertiary/aromatic N) is 2. The zero-order chi connectivity index (χ0) is 24.2. The molecule has 6 heteroatoms. The molecule has 2 N–H and O–H groups in total.